The second-order valence-electron chi connectivity index (χ2n) is 4.07. The van der Waals surface area contributed by atoms with Crippen LogP contribution in [0.1, 0.15) is 5.56 Å². The van der Waals surface area contributed by atoms with Crippen molar-refractivity contribution in [3.05, 3.63) is 39.2 Å². The Balaban J connectivity index is 2.48. The molecule has 2 aromatic rings. The number of sulfonamides is 1. The molecule has 3 N–H and O–H groups in total. The number of aromatic nitrogens is 2. The number of hydrogen-bond donors (Lipinski definition) is 2. The summed E-state index contributed by atoms with van der Waals surface area (Å²) in [5.74, 6) is -0.146. The highest BCUT2D eigenvalue weighted by molar-refractivity contribution is 7.92. The van der Waals surface area contributed by atoms with Crippen LogP contribution in [0.3, 0.4) is 0 Å². The van der Waals surface area contributed by atoms with Gasteiger partial charge in [-0.15, -0.1) is 0 Å². The van der Waals surface area contributed by atoms with Gasteiger partial charge in [-0.25, -0.2) is 18.4 Å². The summed E-state index contributed by atoms with van der Waals surface area (Å²) in [6.45, 7) is 1.71. The molecule has 0 saturated carbocycles. The summed E-state index contributed by atoms with van der Waals surface area (Å²) in [5.41, 5.74) is 6.68. The molecule has 0 amide bonds. The van der Waals surface area contributed by atoms with Crippen LogP contribution in [0.2, 0.25) is 15.2 Å². The van der Waals surface area contributed by atoms with E-state index in [1.165, 1.54) is 12.1 Å². The van der Waals surface area contributed by atoms with E-state index < -0.39 is 10.0 Å². The van der Waals surface area contributed by atoms with Gasteiger partial charge < -0.3 is 5.73 Å². The van der Waals surface area contributed by atoms with Crippen molar-refractivity contribution in [1.29, 1.82) is 0 Å². The zero-order valence-corrected chi connectivity index (χ0v) is 13.6. The van der Waals surface area contributed by atoms with Crippen LogP contribution in [0.4, 0.5) is 11.5 Å². The second kappa shape index (κ2) is 5.84. The van der Waals surface area contributed by atoms with Crippen LogP contribution in [-0.2, 0) is 10.0 Å². The maximum Gasteiger partial charge on any atom is 0.264 e. The first-order valence-electron chi connectivity index (χ1n) is 5.47. The molecule has 0 bridgehead atoms. The van der Waals surface area contributed by atoms with Crippen LogP contribution >= 0.6 is 34.8 Å². The van der Waals surface area contributed by atoms with Crippen LogP contribution in [0.15, 0.2) is 23.4 Å². The van der Waals surface area contributed by atoms with E-state index in [2.05, 4.69) is 14.7 Å². The molecule has 1 aromatic heterocycles. The molecule has 112 valence electrons. The molecule has 0 atom stereocenters. The van der Waals surface area contributed by atoms with E-state index >= 15 is 0 Å². The lowest BCUT2D eigenvalue weighted by molar-refractivity contribution is 0.601. The van der Waals surface area contributed by atoms with Crippen LogP contribution in [0, 0.1) is 6.92 Å². The van der Waals surface area contributed by atoms with Crippen molar-refractivity contribution in [2.45, 2.75) is 11.8 Å². The molecule has 0 spiro atoms. The summed E-state index contributed by atoms with van der Waals surface area (Å²) in [5, 5.41) is -0.150. The minimum Gasteiger partial charge on any atom is -0.398 e. The van der Waals surface area contributed by atoms with Gasteiger partial charge in [0.05, 0.1) is 5.02 Å². The van der Waals surface area contributed by atoms with Crippen molar-refractivity contribution in [3.8, 4) is 0 Å². The first-order chi connectivity index (χ1) is 9.72. The third-order valence-electron chi connectivity index (χ3n) is 2.59. The Morgan fingerprint density at radius 3 is 2.52 bits per heavy atom. The van der Waals surface area contributed by atoms with E-state index in [1.807, 2.05) is 0 Å². The molecule has 10 heteroatoms. The highest BCUT2D eigenvalue weighted by Crippen LogP contribution is 2.31. The Hall–Kier alpha value is -1.28. The topological polar surface area (TPSA) is 98.0 Å². The van der Waals surface area contributed by atoms with E-state index in [9.17, 15) is 8.42 Å². The van der Waals surface area contributed by atoms with E-state index in [0.717, 1.165) is 6.33 Å². The van der Waals surface area contributed by atoms with Crippen molar-refractivity contribution < 1.29 is 8.42 Å². The van der Waals surface area contributed by atoms with Crippen LogP contribution in [0.5, 0.6) is 0 Å². The zero-order chi connectivity index (χ0) is 15.8. The molecule has 0 aliphatic carbocycles. The summed E-state index contributed by atoms with van der Waals surface area (Å²) >= 11 is 17.5. The quantitative estimate of drug-likeness (QED) is 0.641. The van der Waals surface area contributed by atoms with Crippen molar-refractivity contribution in [2.24, 2.45) is 0 Å². The maximum absolute atomic E-state index is 12.3. The number of nitrogen functional groups attached to an aromatic ring is 1. The normalized spacial score (nSPS) is 11.4. The maximum atomic E-state index is 12.3. The number of anilines is 2. The molecule has 1 aromatic carbocycles. The van der Waals surface area contributed by atoms with Crippen LogP contribution < -0.4 is 10.5 Å². The predicted octanol–water partition coefficient (Wildman–Crippen LogP) is 3.13. The molecule has 0 fully saturated rings. The fraction of sp³-hybridized carbons (Fsp3) is 0.0909. The van der Waals surface area contributed by atoms with E-state index in [0.29, 0.717) is 11.3 Å². The van der Waals surface area contributed by atoms with Crippen LogP contribution in [-0.4, -0.2) is 18.4 Å². The van der Waals surface area contributed by atoms with Gasteiger partial charge >= 0.3 is 0 Å². The molecular weight excluding hydrogens is 359 g/mol. The van der Waals surface area contributed by atoms with Crippen molar-refractivity contribution >= 4 is 56.3 Å². The first-order valence-corrected chi connectivity index (χ1v) is 8.08. The molecule has 0 unspecified atom stereocenters. The van der Waals surface area contributed by atoms with Crippen molar-refractivity contribution in [2.75, 3.05) is 10.5 Å². The van der Waals surface area contributed by atoms with Gasteiger partial charge in [0.1, 0.15) is 16.2 Å². The lowest BCUT2D eigenvalue weighted by Crippen LogP contribution is -2.15. The second-order valence-corrected chi connectivity index (χ2v) is 6.87. The molecule has 0 radical (unpaired) electrons. The fourth-order valence-electron chi connectivity index (χ4n) is 1.48. The van der Waals surface area contributed by atoms with Gasteiger partial charge in [-0.1, -0.05) is 34.8 Å². The Morgan fingerprint density at radius 2 is 1.86 bits per heavy atom. The Kier molecular flexibility index (Phi) is 4.48. The van der Waals surface area contributed by atoms with E-state index in [-0.39, 0.29) is 25.9 Å². The number of hydrogen-bond acceptors (Lipinski definition) is 5. The zero-order valence-electron chi connectivity index (χ0n) is 10.6. The number of nitrogens with zero attached hydrogens (tertiary/aromatic N) is 2. The predicted molar refractivity (Wildman–Crippen MR) is 83.5 cm³/mol. The van der Waals surface area contributed by atoms with Gasteiger partial charge in [-0.2, -0.15) is 0 Å². The molecule has 2 rings (SSSR count). The molecule has 0 aliphatic rings. The number of benzene rings is 1. The van der Waals surface area contributed by atoms with Crippen molar-refractivity contribution in [1.82, 2.24) is 9.97 Å². The number of aryl methyl sites for hydroxylation is 1. The SMILES string of the molecule is Cc1cc(Cl)c(S(=O)(=O)Nc2ncnc(Cl)c2Cl)cc1N. The summed E-state index contributed by atoms with van der Waals surface area (Å²) in [4.78, 5) is 7.17. The number of halogens is 3. The van der Waals surface area contributed by atoms with Gasteiger partial charge in [-0.05, 0) is 24.6 Å². The summed E-state index contributed by atoms with van der Waals surface area (Å²) < 4.78 is 26.9. The molecule has 6 nitrogen and oxygen atoms in total. The third kappa shape index (κ3) is 3.32. The van der Waals surface area contributed by atoms with Crippen molar-refractivity contribution in [3.63, 3.8) is 0 Å². The largest absolute Gasteiger partial charge is 0.398 e. The van der Waals surface area contributed by atoms with Gasteiger partial charge in [0.2, 0.25) is 0 Å². The summed E-state index contributed by atoms with van der Waals surface area (Å²) in [6, 6.07) is 2.72. The molecular formula is C11H9Cl3N4O2S. The third-order valence-corrected chi connectivity index (χ3v) is 5.13. The lowest BCUT2D eigenvalue weighted by Gasteiger charge is -2.11. The fourth-order valence-corrected chi connectivity index (χ4v) is 3.45. The molecule has 1 heterocycles. The highest BCUT2D eigenvalue weighted by Gasteiger charge is 2.22. The summed E-state index contributed by atoms with van der Waals surface area (Å²) in [7, 11) is -4.02. The Morgan fingerprint density at radius 1 is 1.19 bits per heavy atom. The average molecular weight is 368 g/mol. The van der Waals surface area contributed by atoms with Gasteiger partial charge in [0, 0.05) is 5.69 Å². The number of rotatable bonds is 3. The van der Waals surface area contributed by atoms with E-state index in [4.69, 9.17) is 40.5 Å². The monoisotopic (exact) mass is 366 g/mol. The smallest absolute Gasteiger partial charge is 0.264 e. The molecule has 21 heavy (non-hydrogen) atoms. The number of nitrogens with two attached hydrogens (primary N) is 1. The van der Waals surface area contributed by atoms with Gasteiger partial charge in [0.15, 0.2) is 11.0 Å². The molecule has 0 aliphatic heterocycles. The standard InChI is InChI=1S/C11H9Cl3N4O2S/c1-5-2-6(12)8(3-7(5)15)21(19,20)18-11-9(13)10(14)16-4-17-11/h2-4H,15H2,1H3,(H,16,17,18). The number of nitrogens with one attached hydrogen (secondary N) is 1. The Bertz CT molecular complexity index is 811. The Labute approximate surface area is 136 Å². The van der Waals surface area contributed by atoms with Crippen LogP contribution in [0.25, 0.3) is 0 Å². The average Bonchev–Trinajstić information content (AvgIpc) is 2.39. The minimum atomic E-state index is -4.02. The van der Waals surface area contributed by atoms with Gasteiger partial charge in [0.25, 0.3) is 10.0 Å². The van der Waals surface area contributed by atoms with E-state index in [1.54, 1.807) is 6.92 Å². The highest BCUT2D eigenvalue weighted by atomic mass is 35.5. The summed E-state index contributed by atoms with van der Waals surface area (Å²) in [6.07, 6.45) is 1.08. The minimum absolute atomic E-state index is 0.0328. The lowest BCUT2D eigenvalue weighted by atomic mass is 10.2. The first kappa shape index (κ1) is 16.1. The van der Waals surface area contributed by atoms with Gasteiger partial charge in [-0.3, -0.25) is 4.72 Å². The molecule has 0 saturated heterocycles.